The van der Waals surface area contributed by atoms with Crippen molar-refractivity contribution in [1.29, 1.82) is 0 Å². The Balaban J connectivity index is 2.07. The normalized spacial score (nSPS) is 18.9. The second kappa shape index (κ2) is 5.58. The minimum absolute atomic E-state index is 0.0217. The molecule has 1 aliphatic rings. The topological polar surface area (TPSA) is 84.5 Å². The third kappa shape index (κ3) is 3.45. The van der Waals surface area contributed by atoms with Gasteiger partial charge in [0.05, 0.1) is 11.4 Å². The van der Waals surface area contributed by atoms with Crippen molar-refractivity contribution in [2.75, 3.05) is 5.32 Å². The largest absolute Gasteiger partial charge is 0.378 e. The first-order valence-corrected chi connectivity index (χ1v) is 6.51. The van der Waals surface area contributed by atoms with Crippen molar-refractivity contribution < 1.29 is 14.0 Å². The van der Waals surface area contributed by atoms with Crippen molar-refractivity contribution in [3.8, 4) is 0 Å². The molecule has 0 aliphatic carbocycles. The van der Waals surface area contributed by atoms with E-state index in [-0.39, 0.29) is 16.6 Å². The molecule has 1 aliphatic heterocycles. The van der Waals surface area contributed by atoms with Crippen LogP contribution in [0, 0.1) is 5.82 Å². The van der Waals surface area contributed by atoms with Crippen LogP contribution in [-0.4, -0.2) is 22.2 Å². The maximum Gasteiger partial charge on any atom is 0.249 e. The number of carbonyl (C=O) groups is 2. The number of rotatable bonds is 2. The molecule has 1 atom stereocenters. The molecule has 0 aromatic heterocycles. The quantitative estimate of drug-likeness (QED) is 0.872. The standard InChI is InChI=1S/C11H9ClFN3O2S/c12-6-3-5(1-2-7(6)13)15-10(18)8-4-9(17)16-11(14)19-8/h1-3,8H,4H2,(H,15,18)(H2,14,16,17)/t8-/m1/s1. The van der Waals surface area contributed by atoms with Gasteiger partial charge < -0.3 is 11.1 Å². The number of anilines is 1. The molecule has 5 nitrogen and oxygen atoms in total. The van der Waals surface area contributed by atoms with Crippen molar-refractivity contribution in [3.05, 3.63) is 29.0 Å². The molecule has 19 heavy (non-hydrogen) atoms. The summed E-state index contributed by atoms with van der Waals surface area (Å²) >= 11 is 6.62. The number of aliphatic imine (C=N–C) groups is 1. The number of benzene rings is 1. The van der Waals surface area contributed by atoms with Gasteiger partial charge in [0.2, 0.25) is 11.8 Å². The fraction of sp³-hybridized carbons (Fsp3) is 0.182. The predicted octanol–water partition coefficient (Wildman–Crippen LogP) is 1.76. The molecule has 0 spiro atoms. The first-order valence-electron chi connectivity index (χ1n) is 5.25. The highest BCUT2D eigenvalue weighted by atomic mass is 35.5. The van der Waals surface area contributed by atoms with Crippen molar-refractivity contribution >= 4 is 46.0 Å². The molecule has 2 amide bonds. The lowest BCUT2D eigenvalue weighted by Gasteiger charge is -2.17. The first kappa shape index (κ1) is 13.8. The lowest BCUT2D eigenvalue weighted by atomic mass is 10.2. The Hall–Kier alpha value is -1.60. The number of hydrogen-bond acceptors (Lipinski definition) is 4. The van der Waals surface area contributed by atoms with Gasteiger partial charge >= 0.3 is 0 Å². The van der Waals surface area contributed by atoms with E-state index in [9.17, 15) is 14.0 Å². The predicted molar refractivity (Wildman–Crippen MR) is 72.7 cm³/mol. The molecular formula is C11H9ClFN3O2S. The summed E-state index contributed by atoms with van der Waals surface area (Å²) in [6.07, 6.45) is -0.0217. The molecular weight excluding hydrogens is 293 g/mol. The maximum absolute atomic E-state index is 13.0. The van der Waals surface area contributed by atoms with E-state index in [2.05, 4.69) is 10.3 Å². The summed E-state index contributed by atoms with van der Waals surface area (Å²) in [5.41, 5.74) is 5.78. The van der Waals surface area contributed by atoms with Crippen molar-refractivity contribution in [1.82, 2.24) is 0 Å². The van der Waals surface area contributed by atoms with E-state index < -0.39 is 22.9 Å². The summed E-state index contributed by atoms with van der Waals surface area (Å²) < 4.78 is 13.0. The highest BCUT2D eigenvalue weighted by Gasteiger charge is 2.28. The molecule has 0 radical (unpaired) electrons. The third-order valence-corrected chi connectivity index (χ3v) is 3.63. The van der Waals surface area contributed by atoms with E-state index in [0.29, 0.717) is 5.69 Å². The zero-order valence-electron chi connectivity index (χ0n) is 9.52. The average molecular weight is 302 g/mol. The van der Waals surface area contributed by atoms with E-state index in [1.54, 1.807) is 0 Å². The minimum atomic E-state index is -0.645. The van der Waals surface area contributed by atoms with Gasteiger partial charge in [-0.2, -0.15) is 4.99 Å². The van der Waals surface area contributed by atoms with Gasteiger partial charge in [-0.15, -0.1) is 0 Å². The lowest BCUT2D eigenvalue weighted by molar-refractivity contribution is -0.121. The van der Waals surface area contributed by atoms with E-state index in [4.69, 9.17) is 17.3 Å². The number of nitrogens with one attached hydrogen (secondary N) is 1. The van der Waals surface area contributed by atoms with Crippen LogP contribution in [0.25, 0.3) is 0 Å². The van der Waals surface area contributed by atoms with Gasteiger partial charge in [0, 0.05) is 5.69 Å². The zero-order valence-corrected chi connectivity index (χ0v) is 11.1. The Morgan fingerprint density at radius 1 is 1.58 bits per heavy atom. The number of amidine groups is 1. The highest BCUT2D eigenvalue weighted by molar-refractivity contribution is 8.15. The lowest BCUT2D eigenvalue weighted by Crippen LogP contribution is -2.33. The fourth-order valence-electron chi connectivity index (χ4n) is 1.48. The van der Waals surface area contributed by atoms with Crippen LogP contribution in [-0.2, 0) is 9.59 Å². The Labute approximate surface area is 117 Å². The van der Waals surface area contributed by atoms with Crippen LogP contribution in [0.15, 0.2) is 23.2 Å². The zero-order chi connectivity index (χ0) is 14.0. The molecule has 2 rings (SSSR count). The molecule has 100 valence electrons. The van der Waals surface area contributed by atoms with E-state index >= 15 is 0 Å². The second-order valence-electron chi connectivity index (χ2n) is 3.77. The maximum atomic E-state index is 13.0. The molecule has 1 aromatic carbocycles. The Kier molecular flexibility index (Phi) is 4.06. The van der Waals surface area contributed by atoms with Crippen molar-refractivity contribution in [2.24, 2.45) is 10.7 Å². The second-order valence-corrected chi connectivity index (χ2v) is 5.40. The SMILES string of the molecule is NC1=NC(=O)C[C@H](C(=O)Nc2ccc(F)c(Cl)c2)S1. The summed E-state index contributed by atoms with van der Waals surface area (Å²) in [6, 6.07) is 3.82. The monoisotopic (exact) mass is 301 g/mol. The molecule has 0 fully saturated rings. The van der Waals surface area contributed by atoms with Gasteiger partial charge in [-0.25, -0.2) is 4.39 Å². The summed E-state index contributed by atoms with van der Waals surface area (Å²) in [5.74, 6) is -1.41. The number of carbonyl (C=O) groups excluding carboxylic acids is 2. The average Bonchev–Trinajstić information content (AvgIpc) is 2.32. The number of thioether (sulfide) groups is 1. The highest BCUT2D eigenvalue weighted by Crippen LogP contribution is 2.24. The van der Waals surface area contributed by atoms with Gasteiger partial charge in [-0.1, -0.05) is 23.4 Å². The van der Waals surface area contributed by atoms with Gasteiger partial charge in [0.15, 0.2) is 5.17 Å². The van der Waals surface area contributed by atoms with Crippen LogP contribution in [0.1, 0.15) is 6.42 Å². The van der Waals surface area contributed by atoms with Crippen LogP contribution in [0.4, 0.5) is 10.1 Å². The molecule has 0 unspecified atom stereocenters. The number of hydrogen-bond donors (Lipinski definition) is 2. The van der Waals surface area contributed by atoms with Crippen molar-refractivity contribution in [3.63, 3.8) is 0 Å². The minimum Gasteiger partial charge on any atom is -0.378 e. The Morgan fingerprint density at radius 3 is 2.95 bits per heavy atom. The number of nitrogens with two attached hydrogens (primary N) is 1. The fourth-order valence-corrected chi connectivity index (χ4v) is 2.50. The van der Waals surface area contributed by atoms with Gasteiger partial charge in [0.1, 0.15) is 11.1 Å². The molecule has 1 aromatic rings. The van der Waals surface area contributed by atoms with Crippen LogP contribution >= 0.6 is 23.4 Å². The number of nitrogens with zero attached hydrogens (tertiary/aromatic N) is 1. The first-order chi connectivity index (χ1) is 8.95. The van der Waals surface area contributed by atoms with Gasteiger partial charge in [-0.05, 0) is 18.2 Å². The summed E-state index contributed by atoms with van der Waals surface area (Å²) in [5, 5.41) is 1.87. The van der Waals surface area contributed by atoms with Gasteiger partial charge in [-0.3, -0.25) is 9.59 Å². The summed E-state index contributed by atoms with van der Waals surface area (Å²) in [7, 11) is 0. The van der Waals surface area contributed by atoms with Gasteiger partial charge in [0.25, 0.3) is 0 Å². The van der Waals surface area contributed by atoms with E-state index in [1.165, 1.54) is 12.1 Å². The molecule has 8 heteroatoms. The van der Waals surface area contributed by atoms with Crippen LogP contribution in [0.3, 0.4) is 0 Å². The number of halogens is 2. The third-order valence-electron chi connectivity index (χ3n) is 2.34. The van der Waals surface area contributed by atoms with Crippen LogP contribution < -0.4 is 11.1 Å². The van der Waals surface area contributed by atoms with Crippen LogP contribution in [0.5, 0.6) is 0 Å². The molecule has 0 bridgehead atoms. The Bertz CT molecular complexity index is 579. The smallest absolute Gasteiger partial charge is 0.249 e. The molecule has 0 saturated heterocycles. The summed E-state index contributed by atoms with van der Waals surface area (Å²) in [4.78, 5) is 26.6. The van der Waals surface area contributed by atoms with Crippen molar-refractivity contribution in [2.45, 2.75) is 11.7 Å². The molecule has 0 saturated carbocycles. The van der Waals surface area contributed by atoms with E-state index in [0.717, 1.165) is 17.8 Å². The molecule has 1 heterocycles. The number of amides is 2. The van der Waals surface area contributed by atoms with Crippen LogP contribution in [0.2, 0.25) is 5.02 Å². The van der Waals surface area contributed by atoms with E-state index in [1.807, 2.05) is 0 Å². The Morgan fingerprint density at radius 2 is 2.32 bits per heavy atom. The summed E-state index contributed by atoms with van der Waals surface area (Å²) in [6.45, 7) is 0. The molecule has 3 N–H and O–H groups in total.